The van der Waals surface area contributed by atoms with Crippen molar-refractivity contribution in [3.05, 3.63) is 66.0 Å². The Morgan fingerprint density at radius 2 is 1.76 bits per heavy atom. The summed E-state index contributed by atoms with van der Waals surface area (Å²) in [5, 5.41) is 7.44. The van der Waals surface area contributed by atoms with E-state index in [1.54, 1.807) is 33.5 Å². The van der Waals surface area contributed by atoms with Gasteiger partial charge in [0.05, 0.1) is 39.8 Å². The van der Waals surface area contributed by atoms with Crippen molar-refractivity contribution >= 4 is 17.2 Å². The minimum atomic E-state index is -0.0988. The number of rotatable bonds is 8. The number of amides is 1. The highest BCUT2D eigenvalue weighted by Crippen LogP contribution is 2.39. The molecule has 0 aliphatic carbocycles. The Bertz CT molecular complexity index is 1160. The molecule has 1 aliphatic rings. The van der Waals surface area contributed by atoms with Crippen molar-refractivity contribution in [2.75, 3.05) is 46.3 Å². The summed E-state index contributed by atoms with van der Waals surface area (Å²) in [6.07, 6.45) is 6.99. The number of nitrogens with zero attached hydrogens (tertiary/aromatic N) is 3. The molecular formula is C26H30N4O4. The molecule has 1 aromatic heterocycles. The largest absolute Gasteiger partial charge is 0.493 e. The number of methoxy groups -OCH3 is 3. The smallest absolute Gasteiger partial charge is 0.238 e. The first-order valence-corrected chi connectivity index (χ1v) is 11.1. The number of nitrogens with one attached hydrogen (secondary N) is 1. The van der Waals surface area contributed by atoms with Crippen molar-refractivity contribution in [3.8, 4) is 22.9 Å². The molecule has 4 rings (SSSR count). The van der Waals surface area contributed by atoms with Crippen LogP contribution in [-0.2, 0) is 4.79 Å². The van der Waals surface area contributed by atoms with Crippen LogP contribution in [0.5, 0.6) is 17.2 Å². The molecule has 1 N–H and O–H groups in total. The van der Waals surface area contributed by atoms with E-state index in [9.17, 15) is 4.79 Å². The highest BCUT2D eigenvalue weighted by atomic mass is 16.5. The number of aryl methyl sites for hydroxylation is 1. The summed E-state index contributed by atoms with van der Waals surface area (Å²) >= 11 is 0. The van der Waals surface area contributed by atoms with Crippen molar-refractivity contribution < 1.29 is 19.0 Å². The predicted octanol–water partition coefficient (Wildman–Crippen LogP) is 3.93. The Balaban J connectivity index is 1.36. The number of carbonyl (C=O) groups is 1. The second-order valence-electron chi connectivity index (χ2n) is 8.19. The summed E-state index contributed by atoms with van der Waals surface area (Å²) in [6, 6.07) is 11.7. The number of carbonyl (C=O) groups excluding carboxylic acids is 1. The highest BCUT2D eigenvalue weighted by molar-refractivity contribution is 5.93. The molecule has 178 valence electrons. The van der Waals surface area contributed by atoms with Gasteiger partial charge in [-0.25, -0.2) is 4.68 Å². The molecule has 0 radical (unpaired) electrons. The molecule has 8 heteroatoms. The minimum absolute atomic E-state index is 0.0988. The van der Waals surface area contributed by atoms with E-state index in [0.29, 0.717) is 36.0 Å². The minimum Gasteiger partial charge on any atom is -0.493 e. The lowest BCUT2D eigenvalue weighted by molar-refractivity contribution is -0.117. The van der Waals surface area contributed by atoms with Gasteiger partial charge in [-0.15, -0.1) is 0 Å². The van der Waals surface area contributed by atoms with E-state index in [2.05, 4.69) is 58.8 Å². The second kappa shape index (κ2) is 10.4. The van der Waals surface area contributed by atoms with Crippen LogP contribution >= 0.6 is 0 Å². The molecule has 0 spiro atoms. The van der Waals surface area contributed by atoms with E-state index in [1.807, 2.05) is 10.9 Å². The summed E-state index contributed by atoms with van der Waals surface area (Å²) in [5.41, 5.74) is 5.22. The molecule has 34 heavy (non-hydrogen) atoms. The van der Waals surface area contributed by atoms with E-state index < -0.39 is 0 Å². The molecule has 0 unspecified atom stereocenters. The topological polar surface area (TPSA) is 77.9 Å². The lowest BCUT2D eigenvalue weighted by Gasteiger charge is -2.25. The third-order valence-corrected chi connectivity index (χ3v) is 5.86. The van der Waals surface area contributed by atoms with Gasteiger partial charge < -0.3 is 19.5 Å². The molecule has 0 saturated heterocycles. The Labute approximate surface area is 199 Å². The maximum Gasteiger partial charge on any atom is 0.238 e. The fraction of sp³-hybridized carbons (Fsp3) is 0.308. The fourth-order valence-corrected chi connectivity index (χ4v) is 4.00. The third-order valence-electron chi connectivity index (χ3n) is 5.86. The lowest BCUT2D eigenvalue weighted by atomic mass is 10.0. The summed E-state index contributed by atoms with van der Waals surface area (Å²) in [6.45, 7) is 3.86. The Kier molecular flexibility index (Phi) is 7.18. The fourth-order valence-electron chi connectivity index (χ4n) is 4.00. The maximum absolute atomic E-state index is 12.7. The van der Waals surface area contributed by atoms with Gasteiger partial charge >= 0.3 is 0 Å². The van der Waals surface area contributed by atoms with E-state index in [1.165, 1.54) is 11.1 Å². The molecule has 3 aromatic rings. The number of ether oxygens (including phenoxy) is 3. The van der Waals surface area contributed by atoms with E-state index in [4.69, 9.17) is 14.2 Å². The molecule has 0 bridgehead atoms. The van der Waals surface area contributed by atoms with Crippen LogP contribution < -0.4 is 19.5 Å². The van der Waals surface area contributed by atoms with Crippen molar-refractivity contribution in [1.82, 2.24) is 14.7 Å². The van der Waals surface area contributed by atoms with Crippen LogP contribution in [-0.4, -0.2) is 61.6 Å². The molecule has 1 aliphatic heterocycles. The standard InChI is InChI=1S/C26H30N4O4/c1-18-5-7-22(8-6-18)30-16-20(15-27-30)19-9-11-29(12-10-19)17-25(31)28-21-13-23(32-2)26(34-4)24(14-21)33-3/h5-9,13-16H,10-12,17H2,1-4H3,(H,28,31). The van der Waals surface area contributed by atoms with Crippen molar-refractivity contribution in [2.24, 2.45) is 0 Å². The average molecular weight is 463 g/mol. The first kappa shape index (κ1) is 23.4. The molecular weight excluding hydrogens is 432 g/mol. The van der Waals surface area contributed by atoms with Gasteiger partial charge in [0.2, 0.25) is 11.7 Å². The molecule has 8 nitrogen and oxygen atoms in total. The summed E-state index contributed by atoms with van der Waals surface area (Å²) in [7, 11) is 4.64. The van der Waals surface area contributed by atoms with Gasteiger partial charge in [0.15, 0.2) is 11.5 Å². The van der Waals surface area contributed by atoms with Gasteiger partial charge in [-0.2, -0.15) is 5.10 Å². The molecule has 0 fully saturated rings. The normalized spacial score (nSPS) is 13.8. The van der Waals surface area contributed by atoms with Crippen LogP contribution in [0.2, 0.25) is 0 Å². The summed E-state index contributed by atoms with van der Waals surface area (Å²) in [4.78, 5) is 14.8. The van der Waals surface area contributed by atoms with Crippen molar-refractivity contribution in [2.45, 2.75) is 13.3 Å². The summed E-state index contributed by atoms with van der Waals surface area (Å²) in [5.74, 6) is 1.38. The lowest BCUT2D eigenvalue weighted by Crippen LogP contribution is -2.36. The van der Waals surface area contributed by atoms with Crippen LogP contribution in [0.1, 0.15) is 17.5 Å². The van der Waals surface area contributed by atoms with Crippen LogP contribution in [0.25, 0.3) is 11.3 Å². The van der Waals surface area contributed by atoms with Gasteiger partial charge in [0.25, 0.3) is 0 Å². The first-order valence-electron chi connectivity index (χ1n) is 11.1. The summed E-state index contributed by atoms with van der Waals surface area (Å²) < 4.78 is 17.9. The van der Waals surface area contributed by atoms with E-state index >= 15 is 0 Å². The van der Waals surface area contributed by atoms with Gasteiger partial charge in [0.1, 0.15) is 0 Å². The van der Waals surface area contributed by atoms with Gasteiger partial charge in [-0.05, 0) is 31.1 Å². The van der Waals surface area contributed by atoms with Crippen molar-refractivity contribution in [3.63, 3.8) is 0 Å². The van der Waals surface area contributed by atoms with E-state index in [-0.39, 0.29) is 5.91 Å². The predicted molar refractivity (Wildman–Crippen MR) is 132 cm³/mol. The SMILES string of the molecule is COc1cc(NC(=O)CN2CC=C(c3cnn(-c4ccc(C)cc4)c3)CC2)cc(OC)c1OC. The number of hydrogen-bond donors (Lipinski definition) is 1. The quantitative estimate of drug-likeness (QED) is 0.547. The zero-order chi connectivity index (χ0) is 24.1. The monoisotopic (exact) mass is 462 g/mol. The number of anilines is 1. The maximum atomic E-state index is 12.7. The van der Waals surface area contributed by atoms with Crippen LogP contribution in [0.15, 0.2) is 54.9 Å². The third kappa shape index (κ3) is 5.23. The van der Waals surface area contributed by atoms with Crippen LogP contribution in [0, 0.1) is 6.92 Å². The molecule has 0 atom stereocenters. The molecule has 0 saturated carbocycles. The number of benzene rings is 2. The first-order chi connectivity index (χ1) is 16.5. The second-order valence-corrected chi connectivity index (χ2v) is 8.19. The molecule has 1 amide bonds. The Hall–Kier alpha value is -3.78. The van der Waals surface area contributed by atoms with Crippen molar-refractivity contribution in [1.29, 1.82) is 0 Å². The Morgan fingerprint density at radius 1 is 1.06 bits per heavy atom. The van der Waals surface area contributed by atoms with Crippen LogP contribution in [0.4, 0.5) is 5.69 Å². The molecule has 2 aromatic carbocycles. The zero-order valence-corrected chi connectivity index (χ0v) is 20.0. The van der Waals surface area contributed by atoms with Gasteiger partial charge in [-0.1, -0.05) is 23.8 Å². The van der Waals surface area contributed by atoms with E-state index in [0.717, 1.165) is 24.2 Å². The van der Waals surface area contributed by atoms with Crippen LogP contribution in [0.3, 0.4) is 0 Å². The van der Waals surface area contributed by atoms with Gasteiger partial charge in [-0.3, -0.25) is 9.69 Å². The van der Waals surface area contributed by atoms with Gasteiger partial charge in [0, 0.05) is 42.7 Å². The average Bonchev–Trinajstić information content (AvgIpc) is 3.34. The Morgan fingerprint density at radius 3 is 2.35 bits per heavy atom. The number of hydrogen-bond acceptors (Lipinski definition) is 6. The zero-order valence-electron chi connectivity index (χ0n) is 20.0. The molecule has 2 heterocycles. The highest BCUT2D eigenvalue weighted by Gasteiger charge is 2.19. The number of aromatic nitrogens is 2.